The Morgan fingerprint density at radius 3 is 2.42 bits per heavy atom. The summed E-state index contributed by atoms with van der Waals surface area (Å²) in [5, 5.41) is 2.84. The summed E-state index contributed by atoms with van der Waals surface area (Å²) in [6.45, 7) is 0.539. The maximum Gasteiger partial charge on any atom is 0.257 e. The minimum absolute atomic E-state index is 0.00647. The number of ether oxygens (including phenoxy) is 3. The molecule has 1 N–H and O–H groups in total. The van der Waals surface area contributed by atoms with Crippen molar-refractivity contribution in [3.63, 3.8) is 0 Å². The summed E-state index contributed by atoms with van der Waals surface area (Å²) in [6.07, 6.45) is 0.704. The van der Waals surface area contributed by atoms with E-state index in [1.807, 2.05) is 42.5 Å². The highest BCUT2D eigenvalue weighted by Crippen LogP contribution is 2.27. The molecule has 0 saturated carbocycles. The Bertz CT molecular complexity index is 673. The number of benzene rings is 2. The first-order chi connectivity index (χ1) is 11.6. The minimum Gasteiger partial charge on any atom is -0.493 e. The number of amides is 1. The molecule has 0 fully saturated rings. The Morgan fingerprint density at radius 1 is 1.04 bits per heavy atom. The molecule has 0 aliphatic rings. The van der Waals surface area contributed by atoms with Crippen molar-refractivity contribution < 1.29 is 19.0 Å². The molecule has 6 heteroatoms. The molecule has 0 bridgehead atoms. The van der Waals surface area contributed by atoms with Crippen molar-refractivity contribution in [1.29, 1.82) is 0 Å². The van der Waals surface area contributed by atoms with E-state index < -0.39 is 0 Å². The summed E-state index contributed by atoms with van der Waals surface area (Å²) >= 11 is 2.22. The van der Waals surface area contributed by atoms with E-state index in [1.165, 1.54) is 0 Å². The van der Waals surface area contributed by atoms with Crippen LogP contribution in [0.2, 0.25) is 0 Å². The molecule has 0 unspecified atom stereocenters. The molecule has 24 heavy (non-hydrogen) atoms. The number of hydrogen-bond donors (Lipinski definition) is 1. The van der Waals surface area contributed by atoms with Crippen LogP contribution in [0.5, 0.6) is 17.2 Å². The van der Waals surface area contributed by atoms with Gasteiger partial charge in [0, 0.05) is 10.1 Å². The van der Waals surface area contributed by atoms with Crippen molar-refractivity contribution in [2.24, 2.45) is 0 Å². The molecule has 5 nitrogen and oxygen atoms in total. The molecule has 128 valence electrons. The summed E-state index contributed by atoms with van der Waals surface area (Å²) in [4.78, 5) is 11.8. The number of carbonyl (C=O) groups is 1. The fraction of sp³-hybridized carbons (Fsp3) is 0.278. The van der Waals surface area contributed by atoms with Crippen LogP contribution in [-0.2, 0) is 11.2 Å². The molecule has 0 aliphatic heterocycles. The lowest BCUT2D eigenvalue weighted by atomic mass is 10.1. The summed E-state index contributed by atoms with van der Waals surface area (Å²) in [7, 11) is 3.21. The molecule has 0 heterocycles. The quantitative estimate of drug-likeness (QED) is 0.640. The highest BCUT2D eigenvalue weighted by Gasteiger charge is 2.06. The van der Waals surface area contributed by atoms with Gasteiger partial charge in [0.25, 0.3) is 5.91 Å². The molecule has 0 saturated heterocycles. The van der Waals surface area contributed by atoms with Gasteiger partial charge in [-0.25, -0.2) is 0 Å². The first-order valence-electron chi connectivity index (χ1n) is 7.48. The van der Waals surface area contributed by atoms with Gasteiger partial charge < -0.3 is 19.5 Å². The third kappa shape index (κ3) is 5.59. The van der Waals surface area contributed by atoms with Gasteiger partial charge in [-0.05, 0) is 71.0 Å². The summed E-state index contributed by atoms with van der Waals surface area (Å²) in [5.74, 6) is 1.92. The average molecular weight is 441 g/mol. The molecule has 0 spiro atoms. The Kier molecular flexibility index (Phi) is 7.17. The van der Waals surface area contributed by atoms with Gasteiger partial charge in [0.2, 0.25) is 0 Å². The Balaban J connectivity index is 1.75. The van der Waals surface area contributed by atoms with Crippen LogP contribution in [0.15, 0.2) is 42.5 Å². The molecular weight excluding hydrogens is 421 g/mol. The Labute approximate surface area is 155 Å². The summed E-state index contributed by atoms with van der Waals surface area (Å²) < 4.78 is 17.0. The minimum atomic E-state index is -0.144. The van der Waals surface area contributed by atoms with E-state index in [0.29, 0.717) is 30.2 Å². The third-order valence-electron chi connectivity index (χ3n) is 3.37. The largest absolute Gasteiger partial charge is 0.493 e. The average Bonchev–Trinajstić information content (AvgIpc) is 2.61. The van der Waals surface area contributed by atoms with Gasteiger partial charge in [-0.15, -0.1) is 0 Å². The Morgan fingerprint density at radius 2 is 1.75 bits per heavy atom. The Hall–Kier alpha value is -1.96. The molecule has 0 aromatic heterocycles. The van der Waals surface area contributed by atoms with Crippen molar-refractivity contribution in [2.75, 3.05) is 27.4 Å². The maximum atomic E-state index is 11.8. The van der Waals surface area contributed by atoms with Gasteiger partial charge in [-0.2, -0.15) is 0 Å². The fourth-order valence-corrected chi connectivity index (χ4v) is 2.47. The van der Waals surface area contributed by atoms with Gasteiger partial charge in [0.15, 0.2) is 18.1 Å². The zero-order valence-corrected chi connectivity index (χ0v) is 15.8. The monoisotopic (exact) mass is 441 g/mol. The zero-order chi connectivity index (χ0) is 17.4. The highest BCUT2D eigenvalue weighted by molar-refractivity contribution is 14.1. The van der Waals surface area contributed by atoms with E-state index in [-0.39, 0.29) is 12.5 Å². The van der Waals surface area contributed by atoms with E-state index in [9.17, 15) is 4.79 Å². The van der Waals surface area contributed by atoms with Gasteiger partial charge in [0.05, 0.1) is 14.2 Å². The molecule has 0 radical (unpaired) electrons. The fourth-order valence-electron chi connectivity index (χ4n) is 2.11. The number of methoxy groups -OCH3 is 2. The first kappa shape index (κ1) is 18.4. The van der Waals surface area contributed by atoms with Crippen molar-refractivity contribution in [3.05, 3.63) is 51.6 Å². The number of rotatable bonds is 8. The number of halogens is 1. The van der Waals surface area contributed by atoms with Crippen molar-refractivity contribution in [3.8, 4) is 17.2 Å². The molecule has 0 atom stereocenters. The second-order valence-electron chi connectivity index (χ2n) is 5.03. The molecular formula is C18H20INO4. The molecule has 0 aliphatic carbocycles. The molecule has 2 rings (SSSR count). The smallest absolute Gasteiger partial charge is 0.257 e. The van der Waals surface area contributed by atoms with Crippen LogP contribution in [0, 0.1) is 3.57 Å². The van der Waals surface area contributed by atoms with Gasteiger partial charge >= 0.3 is 0 Å². The van der Waals surface area contributed by atoms with Crippen LogP contribution >= 0.6 is 22.6 Å². The first-order valence-corrected chi connectivity index (χ1v) is 8.56. The van der Waals surface area contributed by atoms with Crippen LogP contribution in [0.4, 0.5) is 0 Å². The predicted octanol–water partition coefficient (Wildman–Crippen LogP) is 3.05. The molecule has 2 aromatic carbocycles. The molecule has 1 amide bonds. The maximum absolute atomic E-state index is 11.8. The third-order valence-corrected chi connectivity index (χ3v) is 4.09. The van der Waals surface area contributed by atoms with Crippen molar-refractivity contribution in [2.45, 2.75) is 6.42 Å². The van der Waals surface area contributed by atoms with Gasteiger partial charge in [-0.1, -0.05) is 6.07 Å². The SMILES string of the molecule is COc1ccc(CCNC(=O)COc2ccc(I)cc2)cc1OC. The highest BCUT2D eigenvalue weighted by atomic mass is 127. The van der Waals surface area contributed by atoms with Crippen LogP contribution in [0.3, 0.4) is 0 Å². The van der Waals surface area contributed by atoms with Crippen LogP contribution in [0.25, 0.3) is 0 Å². The van der Waals surface area contributed by atoms with E-state index in [0.717, 1.165) is 9.13 Å². The zero-order valence-electron chi connectivity index (χ0n) is 13.7. The second kappa shape index (κ2) is 9.36. The van der Waals surface area contributed by atoms with Gasteiger partial charge in [0.1, 0.15) is 5.75 Å². The lowest BCUT2D eigenvalue weighted by Gasteiger charge is -2.10. The van der Waals surface area contributed by atoms with Crippen molar-refractivity contribution in [1.82, 2.24) is 5.32 Å². The predicted molar refractivity (Wildman–Crippen MR) is 101 cm³/mol. The van der Waals surface area contributed by atoms with E-state index in [1.54, 1.807) is 14.2 Å². The number of nitrogens with one attached hydrogen (secondary N) is 1. The van der Waals surface area contributed by atoms with E-state index >= 15 is 0 Å². The topological polar surface area (TPSA) is 56.8 Å². The van der Waals surface area contributed by atoms with E-state index in [2.05, 4.69) is 27.9 Å². The van der Waals surface area contributed by atoms with Crippen LogP contribution < -0.4 is 19.5 Å². The number of carbonyl (C=O) groups excluding carboxylic acids is 1. The summed E-state index contributed by atoms with van der Waals surface area (Å²) in [6, 6.07) is 13.3. The van der Waals surface area contributed by atoms with Gasteiger partial charge in [-0.3, -0.25) is 4.79 Å². The standard InChI is InChI=1S/C18H20INO4/c1-22-16-8-3-13(11-17(16)23-2)9-10-20-18(21)12-24-15-6-4-14(19)5-7-15/h3-8,11H,9-10,12H2,1-2H3,(H,20,21). The van der Waals surface area contributed by atoms with Crippen molar-refractivity contribution >= 4 is 28.5 Å². The second-order valence-corrected chi connectivity index (χ2v) is 6.28. The lowest BCUT2D eigenvalue weighted by Crippen LogP contribution is -2.30. The summed E-state index contributed by atoms with van der Waals surface area (Å²) in [5.41, 5.74) is 1.06. The van der Waals surface area contributed by atoms with E-state index in [4.69, 9.17) is 14.2 Å². The normalized spacial score (nSPS) is 10.1. The lowest BCUT2D eigenvalue weighted by molar-refractivity contribution is -0.123. The van der Waals surface area contributed by atoms with Crippen LogP contribution in [0.1, 0.15) is 5.56 Å². The van der Waals surface area contributed by atoms with Crippen LogP contribution in [-0.4, -0.2) is 33.3 Å². The number of hydrogen-bond acceptors (Lipinski definition) is 4. The molecule has 2 aromatic rings.